The van der Waals surface area contributed by atoms with Gasteiger partial charge >= 0.3 is 0 Å². The van der Waals surface area contributed by atoms with Gasteiger partial charge in [0.1, 0.15) is 0 Å². The molecule has 4 aliphatic rings. The Labute approximate surface area is 201 Å². The smallest absolute Gasteiger partial charge is 0.233 e. The maximum Gasteiger partial charge on any atom is 0.233 e. The first-order valence-corrected chi connectivity index (χ1v) is 11.3. The number of imide groups is 1. The molecule has 1 heterocycles. The molecule has 0 radical (unpaired) electrons. The molecule has 5 rings (SSSR count). The number of carbonyl (C=O) groups excluding carboxylic acids is 2. The van der Waals surface area contributed by atoms with Gasteiger partial charge in [-0.25, -0.2) is 0 Å². The van der Waals surface area contributed by atoms with Gasteiger partial charge in [-0.05, 0) is 49.1 Å². The Morgan fingerprint density at radius 3 is 2.48 bits per heavy atom. The quantitative estimate of drug-likeness (QED) is 0.141. The van der Waals surface area contributed by atoms with Gasteiger partial charge in [0.15, 0.2) is 5.96 Å². The fourth-order valence-corrected chi connectivity index (χ4v) is 5.70. The van der Waals surface area contributed by atoms with E-state index >= 15 is 0 Å². The highest BCUT2D eigenvalue weighted by Crippen LogP contribution is 2.52. The zero-order valence-electron chi connectivity index (χ0n) is 17.9. The average molecular weight is 534 g/mol. The van der Waals surface area contributed by atoms with Gasteiger partial charge in [0.25, 0.3) is 0 Å². The summed E-state index contributed by atoms with van der Waals surface area (Å²) in [4.78, 5) is 31.8. The van der Waals surface area contributed by atoms with Crippen molar-refractivity contribution >= 4 is 41.8 Å². The van der Waals surface area contributed by atoms with Crippen LogP contribution in [0.25, 0.3) is 0 Å². The summed E-state index contributed by atoms with van der Waals surface area (Å²) in [6.07, 6.45) is 7.09. The Balaban J connectivity index is 0.00000231. The normalized spacial score (nSPS) is 30.0. The minimum absolute atomic E-state index is 0. The van der Waals surface area contributed by atoms with Crippen LogP contribution in [0.15, 0.2) is 41.4 Å². The number of guanidine groups is 1. The Morgan fingerprint density at radius 2 is 1.81 bits per heavy atom. The summed E-state index contributed by atoms with van der Waals surface area (Å²) >= 11 is 0. The molecule has 2 fully saturated rings. The molecule has 1 aromatic carbocycles. The first kappa shape index (κ1) is 22.3. The van der Waals surface area contributed by atoms with Crippen LogP contribution in [-0.4, -0.2) is 48.9 Å². The van der Waals surface area contributed by atoms with Crippen LogP contribution >= 0.6 is 24.0 Å². The minimum Gasteiger partial charge on any atom is -0.357 e. The number of likely N-dealkylation sites (tertiary alicyclic amines) is 1. The molecule has 0 aromatic heterocycles. The van der Waals surface area contributed by atoms with E-state index in [-0.39, 0.29) is 59.5 Å². The summed E-state index contributed by atoms with van der Waals surface area (Å²) < 4.78 is 0. The Bertz CT molecular complexity index is 885. The van der Waals surface area contributed by atoms with E-state index in [4.69, 9.17) is 4.99 Å². The summed E-state index contributed by atoms with van der Waals surface area (Å²) in [5.74, 6) is 1.78. The molecular formula is C24H31IN4O2. The lowest BCUT2D eigenvalue weighted by Gasteiger charge is -2.29. The molecule has 2 N–H and O–H groups in total. The third-order valence-corrected chi connectivity index (χ3v) is 7.19. The van der Waals surface area contributed by atoms with E-state index in [1.165, 1.54) is 16.0 Å². The second-order valence-corrected chi connectivity index (χ2v) is 8.93. The van der Waals surface area contributed by atoms with E-state index in [0.29, 0.717) is 19.0 Å². The van der Waals surface area contributed by atoms with E-state index in [0.717, 1.165) is 38.3 Å². The van der Waals surface area contributed by atoms with Crippen LogP contribution in [0.1, 0.15) is 36.8 Å². The van der Waals surface area contributed by atoms with Gasteiger partial charge in [0, 0.05) is 32.1 Å². The molecule has 1 aromatic rings. The van der Waals surface area contributed by atoms with Crippen LogP contribution < -0.4 is 10.6 Å². The fraction of sp³-hybridized carbons (Fsp3) is 0.542. The highest BCUT2D eigenvalue weighted by atomic mass is 127. The van der Waals surface area contributed by atoms with Crippen LogP contribution in [0.4, 0.5) is 0 Å². The molecule has 1 saturated heterocycles. The number of aliphatic imine (C=N–C) groups is 1. The van der Waals surface area contributed by atoms with Gasteiger partial charge in [-0.3, -0.25) is 19.5 Å². The number of fused-ring (bicyclic) bond motifs is 6. The van der Waals surface area contributed by atoms with Crippen LogP contribution in [0.2, 0.25) is 0 Å². The highest BCUT2D eigenvalue weighted by molar-refractivity contribution is 14.0. The summed E-state index contributed by atoms with van der Waals surface area (Å²) in [6.45, 7) is 4.81. The van der Waals surface area contributed by atoms with Crippen molar-refractivity contribution in [3.05, 3.63) is 47.5 Å². The molecule has 3 aliphatic carbocycles. The number of rotatable bonds is 7. The molecule has 2 amide bonds. The van der Waals surface area contributed by atoms with Crippen molar-refractivity contribution in [3.8, 4) is 0 Å². The number of nitrogens with zero attached hydrogens (tertiary/aromatic N) is 2. The van der Waals surface area contributed by atoms with Crippen molar-refractivity contribution in [3.63, 3.8) is 0 Å². The van der Waals surface area contributed by atoms with Crippen LogP contribution in [0, 0.1) is 23.7 Å². The van der Waals surface area contributed by atoms with Crippen molar-refractivity contribution in [2.24, 2.45) is 28.7 Å². The number of hydrogen-bond acceptors (Lipinski definition) is 3. The van der Waals surface area contributed by atoms with Gasteiger partial charge < -0.3 is 10.6 Å². The third-order valence-electron chi connectivity index (χ3n) is 7.19. The summed E-state index contributed by atoms with van der Waals surface area (Å²) in [6, 6.07) is 8.57. The first-order chi connectivity index (χ1) is 14.7. The lowest BCUT2D eigenvalue weighted by molar-refractivity contribution is -0.140. The Kier molecular flexibility index (Phi) is 6.69. The van der Waals surface area contributed by atoms with Gasteiger partial charge in [0.05, 0.1) is 11.8 Å². The average Bonchev–Trinajstić information content (AvgIpc) is 3.41. The van der Waals surface area contributed by atoms with E-state index < -0.39 is 0 Å². The number of amides is 2. The summed E-state index contributed by atoms with van der Waals surface area (Å²) in [5.41, 5.74) is 2.85. The topological polar surface area (TPSA) is 73.8 Å². The number of hydrogen-bond donors (Lipinski definition) is 2. The zero-order valence-corrected chi connectivity index (χ0v) is 20.3. The van der Waals surface area contributed by atoms with E-state index in [1.54, 1.807) is 0 Å². The predicted molar refractivity (Wildman–Crippen MR) is 131 cm³/mol. The van der Waals surface area contributed by atoms with Crippen LogP contribution in [0.5, 0.6) is 0 Å². The van der Waals surface area contributed by atoms with Crippen molar-refractivity contribution in [2.75, 3.05) is 26.2 Å². The monoisotopic (exact) mass is 534 g/mol. The van der Waals surface area contributed by atoms with Crippen molar-refractivity contribution in [2.45, 2.75) is 32.1 Å². The second-order valence-electron chi connectivity index (χ2n) is 8.93. The van der Waals surface area contributed by atoms with E-state index in [9.17, 15) is 9.59 Å². The predicted octanol–water partition coefficient (Wildman–Crippen LogP) is 2.70. The molecule has 2 bridgehead atoms. The van der Waals surface area contributed by atoms with Crippen LogP contribution in [-0.2, 0) is 16.0 Å². The first-order valence-electron chi connectivity index (χ1n) is 11.3. The lowest BCUT2D eigenvalue weighted by atomic mass is 9.78. The summed E-state index contributed by atoms with van der Waals surface area (Å²) in [7, 11) is 0. The van der Waals surface area contributed by atoms with Gasteiger partial charge in [-0.15, -0.1) is 24.0 Å². The molecule has 7 heteroatoms. The molecule has 6 nitrogen and oxygen atoms in total. The summed E-state index contributed by atoms with van der Waals surface area (Å²) in [5, 5.41) is 6.65. The fourth-order valence-electron chi connectivity index (χ4n) is 5.70. The SMILES string of the molecule is CCNC(=NCC1Cc2ccccc21)NCCCN1C(=O)C2C3C=CC(C3)C2C1=O.I. The maximum atomic E-state index is 12.8. The maximum absolute atomic E-state index is 12.8. The molecule has 31 heavy (non-hydrogen) atoms. The van der Waals surface area contributed by atoms with Crippen molar-refractivity contribution < 1.29 is 9.59 Å². The number of nitrogens with one attached hydrogen (secondary N) is 2. The number of allylic oxidation sites excluding steroid dienone is 2. The molecule has 5 atom stereocenters. The third kappa shape index (κ3) is 4.01. The Hall–Kier alpha value is -1.90. The van der Waals surface area contributed by atoms with Gasteiger partial charge in [-0.2, -0.15) is 0 Å². The molecule has 5 unspecified atom stereocenters. The zero-order chi connectivity index (χ0) is 20.7. The molecule has 1 aliphatic heterocycles. The van der Waals surface area contributed by atoms with E-state index in [1.807, 2.05) is 0 Å². The molecule has 0 spiro atoms. The van der Waals surface area contributed by atoms with E-state index in [2.05, 4.69) is 54.0 Å². The van der Waals surface area contributed by atoms with Crippen molar-refractivity contribution in [1.82, 2.24) is 15.5 Å². The molecule has 1 saturated carbocycles. The minimum atomic E-state index is -0.0929. The number of benzene rings is 1. The second kappa shape index (κ2) is 9.30. The van der Waals surface area contributed by atoms with Crippen molar-refractivity contribution in [1.29, 1.82) is 0 Å². The standard InChI is InChI=1S/C24H30N4O2.HI/c1-2-25-24(27-14-18-12-15-6-3-4-7-19(15)18)26-10-5-11-28-22(29)20-16-8-9-17(13-16)21(20)23(28)30;/h3-4,6-9,16-18,20-21H,2,5,10-14H2,1H3,(H2,25,26,27);1H. The number of carbonyl (C=O) groups is 2. The largest absolute Gasteiger partial charge is 0.357 e. The molecule has 166 valence electrons. The highest BCUT2D eigenvalue weighted by Gasteiger charge is 2.58. The van der Waals surface area contributed by atoms with Gasteiger partial charge in [-0.1, -0.05) is 36.4 Å². The van der Waals surface area contributed by atoms with Gasteiger partial charge in [0.2, 0.25) is 11.8 Å². The lowest BCUT2D eigenvalue weighted by Crippen LogP contribution is -2.40. The number of halogens is 1. The van der Waals surface area contributed by atoms with Crippen LogP contribution in [0.3, 0.4) is 0 Å². The molecular weight excluding hydrogens is 503 g/mol. The Morgan fingerprint density at radius 1 is 1.10 bits per heavy atom.